The Bertz CT molecular complexity index is 798. The Balaban J connectivity index is 2.55. The van der Waals surface area contributed by atoms with Crippen LogP contribution in [0.15, 0.2) is 28.0 Å². The summed E-state index contributed by atoms with van der Waals surface area (Å²) in [6, 6.07) is 4.77. The molecule has 1 atom stereocenters. The van der Waals surface area contributed by atoms with Gasteiger partial charge in [0.1, 0.15) is 0 Å². The number of benzene rings is 1. The molecule has 1 saturated heterocycles. The van der Waals surface area contributed by atoms with E-state index in [1.807, 2.05) is 0 Å². The first kappa shape index (κ1) is 19.2. The van der Waals surface area contributed by atoms with E-state index in [0.29, 0.717) is 17.6 Å². The second-order valence-electron chi connectivity index (χ2n) is 7.15. The van der Waals surface area contributed by atoms with Crippen LogP contribution in [0.2, 0.25) is 0 Å². The van der Waals surface area contributed by atoms with E-state index in [1.54, 1.807) is 6.07 Å². The summed E-state index contributed by atoms with van der Waals surface area (Å²) in [7, 11) is -6.97. The van der Waals surface area contributed by atoms with Crippen molar-refractivity contribution in [2.24, 2.45) is 5.92 Å². The van der Waals surface area contributed by atoms with Gasteiger partial charge in [0.15, 0.2) is 19.7 Å². The molecule has 0 saturated carbocycles. The fourth-order valence-corrected chi connectivity index (χ4v) is 4.99. The Hall–Kier alpha value is -1.08. The van der Waals surface area contributed by atoms with Gasteiger partial charge in [0.05, 0.1) is 15.5 Å². The Kier molecular flexibility index (Phi) is 5.64. The number of nitrogens with zero attached hydrogens (tertiary/aromatic N) is 1. The third-order valence-electron chi connectivity index (χ3n) is 4.44. The van der Waals surface area contributed by atoms with E-state index in [2.05, 4.69) is 18.7 Å². The number of piperidine rings is 1. The van der Waals surface area contributed by atoms with Crippen LogP contribution in [-0.4, -0.2) is 41.9 Å². The summed E-state index contributed by atoms with van der Waals surface area (Å²) in [5, 5.41) is 0. The molecule has 0 radical (unpaired) electrons. The lowest BCUT2D eigenvalue weighted by Crippen LogP contribution is -2.41. The van der Waals surface area contributed by atoms with Gasteiger partial charge in [0, 0.05) is 25.1 Å². The van der Waals surface area contributed by atoms with Gasteiger partial charge in [-0.2, -0.15) is 0 Å². The molecule has 1 unspecified atom stereocenters. The number of sulfone groups is 2. The van der Waals surface area contributed by atoms with Crippen molar-refractivity contribution in [3.05, 3.63) is 18.2 Å². The molecule has 0 aliphatic carbocycles. The third kappa shape index (κ3) is 4.51. The highest BCUT2D eigenvalue weighted by Crippen LogP contribution is 2.34. The molecule has 1 aromatic carbocycles. The van der Waals surface area contributed by atoms with Gasteiger partial charge >= 0.3 is 0 Å². The summed E-state index contributed by atoms with van der Waals surface area (Å²) < 4.78 is 48.2. The van der Waals surface area contributed by atoms with E-state index in [0.717, 1.165) is 44.7 Å². The molecule has 24 heavy (non-hydrogen) atoms. The normalized spacial score (nSPS) is 19.7. The Morgan fingerprint density at radius 1 is 1.08 bits per heavy atom. The Morgan fingerprint density at radius 2 is 1.75 bits per heavy atom. The molecule has 136 valence electrons. The number of hydrogen-bond donors (Lipinski definition) is 0. The SMILES string of the molecule is CC(C)CC1CCCCN1c1ccc(S(C)(=O)=O)cc1S(C)(=O)=O. The topological polar surface area (TPSA) is 71.5 Å². The monoisotopic (exact) mass is 373 g/mol. The van der Waals surface area contributed by atoms with Gasteiger partial charge in [-0.05, 0) is 49.8 Å². The first-order chi connectivity index (χ1) is 11.0. The van der Waals surface area contributed by atoms with Crippen LogP contribution in [0, 0.1) is 5.92 Å². The van der Waals surface area contributed by atoms with Crippen molar-refractivity contribution in [2.75, 3.05) is 24.0 Å². The smallest absolute Gasteiger partial charge is 0.177 e. The average Bonchev–Trinajstić information content (AvgIpc) is 2.45. The molecule has 7 heteroatoms. The molecule has 0 N–H and O–H groups in total. The molecule has 2 rings (SSSR count). The van der Waals surface area contributed by atoms with Crippen molar-refractivity contribution in [1.29, 1.82) is 0 Å². The first-order valence-electron chi connectivity index (χ1n) is 8.31. The molecule has 1 aliphatic rings. The van der Waals surface area contributed by atoms with Crippen LogP contribution in [0.5, 0.6) is 0 Å². The number of anilines is 1. The lowest BCUT2D eigenvalue weighted by atomic mass is 9.93. The van der Waals surface area contributed by atoms with Gasteiger partial charge in [-0.15, -0.1) is 0 Å². The van der Waals surface area contributed by atoms with Gasteiger partial charge in [-0.25, -0.2) is 16.8 Å². The fraction of sp³-hybridized carbons (Fsp3) is 0.647. The van der Waals surface area contributed by atoms with Crippen LogP contribution in [0.4, 0.5) is 5.69 Å². The van der Waals surface area contributed by atoms with E-state index in [9.17, 15) is 16.8 Å². The van der Waals surface area contributed by atoms with Crippen LogP contribution in [0.25, 0.3) is 0 Å². The molecular formula is C17H27NO4S2. The van der Waals surface area contributed by atoms with Crippen LogP contribution in [0.3, 0.4) is 0 Å². The summed E-state index contributed by atoms with van der Waals surface area (Å²) in [4.78, 5) is 2.32. The second kappa shape index (κ2) is 7.04. The number of hydrogen-bond acceptors (Lipinski definition) is 5. The van der Waals surface area contributed by atoms with Crippen molar-refractivity contribution in [2.45, 2.75) is 55.4 Å². The van der Waals surface area contributed by atoms with E-state index in [-0.39, 0.29) is 9.79 Å². The highest BCUT2D eigenvalue weighted by molar-refractivity contribution is 7.91. The fourth-order valence-electron chi connectivity index (χ4n) is 3.37. The molecule has 1 aromatic rings. The lowest BCUT2D eigenvalue weighted by Gasteiger charge is -2.39. The standard InChI is InChI=1S/C17H27NO4S2/c1-13(2)11-14-7-5-6-10-18(14)16-9-8-15(23(3,19)20)12-17(16)24(4,21)22/h8-9,12-14H,5-7,10-11H2,1-4H3. The van der Waals surface area contributed by atoms with Gasteiger partial charge in [0.2, 0.25) is 0 Å². The van der Waals surface area contributed by atoms with Crippen molar-refractivity contribution < 1.29 is 16.8 Å². The highest BCUT2D eigenvalue weighted by atomic mass is 32.2. The summed E-state index contributed by atoms with van der Waals surface area (Å²) in [5.41, 5.74) is 0.634. The zero-order valence-electron chi connectivity index (χ0n) is 14.8. The quantitative estimate of drug-likeness (QED) is 0.793. The minimum Gasteiger partial charge on any atom is -0.367 e. The lowest BCUT2D eigenvalue weighted by molar-refractivity contribution is 0.392. The summed E-state index contributed by atoms with van der Waals surface area (Å²) in [6.45, 7) is 5.13. The second-order valence-corrected chi connectivity index (χ2v) is 11.1. The molecule has 0 aromatic heterocycles. The van der Waals surface area contributed by atoms with Crippen molar-refractivity contribution in [3.63, 3.8) is 0 Å². The summed E-state index contributed by atoms with van der Waals surface area (Å²) in [6.07, 6.45) is 6.43. The maximum Gasteiger partial charge on any atom is 0.177 e. The van der Waals surface area contributed by atoms with E-state index < -0.39 is 19.7 Å². The van der Waals surface area contributed by atoms with Crippen molar-refractivity contribution in [1.82, 2.24) is 0 Å². The molecule has 1 aliphatic heterocycles. The van der Waals surface area contributed by atoms with Crippen LogP contribution in [0.1, 0.15) is 39.5 Å². The Morgan fingerprint density at radius 3 is 2.29 bits per heavy atom. The van der Waals surface area contributed by atoms with Gasteiger partial charge in [-0.1, -0.05) is 13.8 Å². The van der Waals surface area contributed by atoms with Gasteiger partial charge in [-0.3, -0.25) is 0 Å². The van der Waals surface area contributed by atoms with Crippen molar-refractivity contribution in [3.8, 4) is 0 Å². The van der Waals surface area contributed by atoms with E-state index in [1.165, 1.54) is 12.1 Å². The predicted octanol–water partition coefficient (Wildman–Crippen LogP) is 2.90. The van der Waals surface area contributed by atoms with Crippen LogP contribution < -0.4 is 4.90 Å². The van der Waals surface area contributed by atoms with Gasteiger partial charge < -0.3 is 4.90 Å². The zero-order valence-corrected chi connectivity index (χ0v) is 16.5. The summed E-state index contributed by atoms with van der Waals surface area (Å²) in [5.74, 6) is 0.521. The minimum atomic E-state index is -3.52. The highest BCUT2D eigenvalue weighted by Gasteiger charge is 2.28. The predicted molar refractivity (Wildman–Crippen MR) is 97.1 cm³/mol. The maximum atomic E-state index is 12.3. The molecule has 5 nitrogen and oxygen atoms in total. The van der Waals surface area contributed by atoms with E-state index in [4.69, 9.17) is 0 Å². The molecule has 0 amide bonds. The van der Waals surface area contributed by atoms with Crippen LogP contribution >= 0.6 is 0 Å². The zero-order chi connectivity index (χ0) is 18.1. The van der Waals surface area contributed by atoms with Crippen LogP contribution in [-0.2, 0) is 19.7 Å². The molecular weight excluding hydrogens is 346 g/mol. The summed E-state index contributed by atoms with van der Waals surface area (Å²) >= 11 is 0. The van der Waals surface area contributed by atoms with Gasteiger partial charge in [0.25, 0.3) is 0 Å². The molecule has 1 fully saturated rings. The maximum absolute atomic E-state index is 12.3. The first-order valence-corrected chi connectivity index (χ1v) is 12.1. The number of rotatable bonds is 5. The molecule has 0 spiro atoms. The minimum absolute atomic E-state index is 0.0455. The van der Waals surface area contributed by atoms with E-state index >= 15 is 0 Å². The molecule has 0 bridgehead atoms. The average molecular weight is 374 g/mol. The molecule has 1 heterocycles. The Labute approximate surface area is 145 Å². The largest absolute Gasteiger partial charge is 0.367 e. The third-order valence-corrected chi connectivity index (χ3v) is 6.68. The van der Waals surface area contributed by atoms with Crippen molar-refractivity contribution >= 4 is 25.4 Å².